The molecule has 1 atom stereocenters. The number of thioether (sulfide) groups is 1. The molecule has 0 bridgehead atoms. The van der Waals surface area contributed by atoms with E-state index in [9.17, 15) is 4.79 Å². The minimum absolute atomic E-state index is 0.0136. The first kappa shape index (κ1) is 17.2. The Morgan fingerprint density at radius 1 is 1.16 bits per heavy atom. The molecule has 4 nitrogen and oxygen atoms in total. The summed E-state index contributed by atoms with van der Waals surface area (Å²) in [6, 6.07) is 18.2. The third-order valence-corrected chi connectivity index (χ3v) is 4.74. The van der Waals surface area contributed by atoms with E-state index in [1.165, 1.54) is 17.3 Å². The molecule has 2 aromatic rings. The van der Waals surface area contributed by atoms with E-state index in [1.807, 2.05) is 54.6 Å². The van der Waals surface area contributed by atoms with Crippen LogP contribution in [0.2, 0.25) is 0 Å². The summed E-state index contributed by atoms with van der Waals surface area (Å²) in [5, 5.41) is 11.3. The van der Waals surface area contributed by atoms with E-state index in [2.05, 4.69) is 34.6 Å². The third-order valence-electron chi connectivity index (χ3n) is 3.67. The molecule has 5 heteroatoms. The Bertz CT molecular complexity index is 828. The number of carbonyl (C=O) groups excluding carboxylic acids is 1. The number of amidine groups is 1. The number of benzene rings is 2. The lowest BCUT2D eigenvalue weighted by molar-refractivity contribution is -0.118. The van der Waals surface area contributed by atoms with Gasteiger partial charge in [-0.15, -0.1) is 5.10 Å². The van der Waals surface area contributed by atoms with E-state index < -0.39 is 0 Å². The topological polar surface area (TPSA) is 53.8 Å². The fraction of sp³-hybridized carbons (Fsp3) is 0.150. The van der Waals surface area contributed by atoms with Gasteiger partial charge in [0.05, 0.1) is 5.25 Å². The van der Waals surface area contributed by atoms with Gasteiger partial charge in [-0.2, -0.15) is 5.10 Å². The lowest BCUT2D eigenvalue weighted by Gasteiger charge is -2.05. The Labute approximate surface area is 151 Å². The van der Waals surface area contributed by atoms with Gasteiger partial charge in [0.2, 0.25) is 5.91 Å². The average Bonchev–Trinajstić information content (AvgIpc) is 2.95. The van der Waals surface area contributed by atoms with E-state index in [0.29, 0.717) is 11.6 Å². The number of amides is 1. The van der Waals surface area contributed by atoms with Crippen LogP contribution in [0.3, 0.4) is 0 Å². The minimum Gasteiger partial charge on any atom is -0.303 e. The van der Waals surface area contributed by atoms with Crippen molar-refractivity contribution >= 4 is 35.1 Å². The molecule has 1 amide bonds. The molecule has 1 heterocycles. The van der Waals surface area contributed by atoms with Crippen LogP contribution in [-0.4, -0.2) is 22.5 Å². The van der Waals surface area contributed by atoms with E-state index >= 15 is 0 Å². The van der Waals surface area contributed by atoms with Gasteiger partial charge in [-0.1, -0.05) is 78.0 Å². The van der Waals surface area contributed by atoms with Crippen LogP contribution in [0.5, 0.6) is 0 Å². The van der Waals surface area contributed by atoms with Crippen LogP contribution in [-0.2, 0) is 11.2 Å². The SMILES string of the molecule is Cc1cccc(CC2S\C(=N/N=C/C=C/c3ccccc3)NC2=O)c1. The smallest absolute Gasteiger partial charge is 0.239 e. The second kappa shape index (κ2) is 8.44. The molecule has 0 aliphatic carbocycles. The van der Waals surface area contributed by atoms with Gasteiger partial charge in [0.25, 0.3) is 0 Å². The van der Waals surface area contributed by atoms with Crippen LogP contribution in [0.1, 0.15) is 16.7 Å². The van der Waals surface area contributed by atoms with Crippen molar-refractivity contribution in [2.45, 2.75) is 18.6 Å². The van der Waals surface area contributed by atoms with Gasteiger partial charge in [0.15, 0.2) is 5.17 Å². The zero-order chi connectivity index (χ0) is 17.5. The zero-order valence-electron chi connectivity index (χ0n) is 13.9. The van der Waals surface area contributed by atoms with Gasteiger partial charge in [0.1, 0.15) is 0 Å². The summed E-state index contributed by atoms with van der Waals surface area (Å²) in [7, 11) is 0. The van der Waals surface area contributed by atoms with Crippen LogP contribution < -0.4 is 5.32 Å². The molecule has 1 N–H and O–H groups in total. The highest BCUT2D eigenvalue weighted by Gasteiger charge is 2.30. The lowest BCUT2D eigenvalue weighted by Crippen LogP contribution is -2.25. The van der Waals surface area contributed by atoms with Crippen molar-refractivity contribution in [1.82, 2.24) is 5.32 Å². The monoisotopic (exact) mass is 349 g/mol. The number of hydrogen-bond donors (Lipinski definition) is 1. The van der Waals surface area contributed by atoms with Crippen molar-refractivity contribution in [3.05, 3.63) is 77.4 Å². The summed E-state index contributed by atoms with van der Waals surface area (Å²) in [4.78, 5) is 12.1. The predicted octanol–water partition coefficient (Wildman–Crippen LogP) is 3.82. The predicted molar refractivity (Wildman–Crippen MR) is 106 cm³/mol. The summed E-state index contributed by atoms with van der Waals surface area (Å²) in [6.45, 7) is 2.05. The minimum atomic E-state index is -0.157. The average molecular weight is 349 g/mol. The quantitative estimate of drug-likeness (QED) is 0.659. The highest BCUT2D eigenvalue weighted by molar-refractivity contribution is 8.15. The molecular weight excluding hydrogens is 330 g/mol. The highest BCUT2D eigenvalue weighted by atomic mass is 32.2. The number of nitrogens with zero attached hydrogens (tertiary/aromatic N) is 2. The zero-order valence-corrected chi connectivity index (χ0v) is 14.7. The Kier molecular flexibility index (Phi) is 5.80. The van der Waals surface area contributed by atoms with Gasteiger partial charge >= 0.3 is 0 Å². The molecule has 2 aromatic carbocycles. The number of allylic oxidation sites excluding steroid dienone is 1. The van der Waals surface area contributed by atoms with Crippen molar-refractivity contribution < 1.29 is 4.79 Å². The van der Waals surface area contributed by atoms with Gasteiger partial charge in [-0.05, 0) is 30.5 Å². The largest absolute Gasteiger partial charge is 0.303 e. The molecule has 0 aromatic heterocycles. The summed E-state index contributed by atoms with van der Waals surface area (Å²) in [6.07, 6.45) is 6.07. The van der Waals surface area contributed by atoms with Crippen LogP contribution in [0.25, 0.3) is 6.08 Å². The van der Waals surface area contributed by atoms with E-state index in [-0.39, 0.29) is 11.2 Å². The highest BCUT2D eigenvalue weighted by Crippen LogP contribution is 2.23. The summed E-state index contributed by atoms with van der Waals surface area (Å²) in [5.41, 5.74) is 3.45. The molecule has 1 aliphatic rings. The van der Waals surface area contributed by atoms with Gasteiger partial charge in [-0.3, -0.25) is 4.79 Å². The van der Waals surface area contributed by atoms with Gasteiger partial charge < -0.3 is 5.32 Å². The van der Waals surface area contributed by atoms with E-state index in [0.717, 1.165) is 11.1 Å². The third kappa shape index (κ3) is 5.16. The Hall–Kier alpha value is -2.66. The summed E-state index contributed by atoms with van der Waals surface area (Å²) >= 11 is 1.43. The van der Waals surface area contributed by atoms with Crippen molar-refractivity contribution in [1.29, 1.82) is 0 Å². The number of nitrogens with one attached hydrogen (secondary N) is 1. The number of hydrogen-bond acceptors (Lipinski definition) is 4. The molecule has 1 fully saturated rings. The molecule has 126 valence electrons. The second-order valence-electron chi connectivity index (χ2n) is 5.73. The van der Waals surface area contributed by atoms with Crippen molar-refractivity contribution in [2.24, 2.45) is 10.2 Å². The molecule has 0 saturated carbocycles. The molecule has 3 rings (SSSR count). The number of aryl methyl sites for hydroxylation is 1. The van der Waals surface area contributed by atoms with Gasteiger partial charge in [-0.25, -0.2) is 0 Å². The second-order valence-corrected chi connectivity index (χ2v) is 6.92. The summed E-state index contributed by atoms with van der Waals surface area (Å²) in [5.74, 6) is -0.0136. The van der Waals surface area contributed by atoms with Crippen molar-refractivity contribution in [3.63, 3.8) is 0 Å². The van der Waals surface area contributed by atoms with Crippen LogP contribution in [0, 0.1) is 6.92 Å². The van der Waals surface area contributed by atoms with Crippen LogP contribution in [0.4, 0.5) is 0 Å². The maximum Gasteiger partial charge on any atom is 0.239 e. The van der Waals surface area contributed by atoms with Crippen molar-refractivity contribution in [3.8, 4) is 0 Å². The molecule has 1 unspecified atom stereocenters. The molecule has 0 radical (unpaired) electrons. The van der Waals surface area contributed by atoms with E-state index in [4.69, 9.17) is 0 Å². The van der Waals surface area contributed by atoms with Crippen molar-refractivity contribution in [2.75, 3.05) is 0 Å². The van der Waals surface area contributed by atoms with Gasteiger partial charge in [0, 0.05) is 6.21 Å². The van der Waals surface area contributed by atoms with E-state index in [1.54, 1.807) is 6.21 Å². The number of carbonyl (C=O) groups is 1. The molecule has 0 spiro atoms. The maximum atomic E-state index is 12.1. The normalized spacial score (nSPS) is 19.2. The Morgan fingerprint density at radius 3 is 2.80 bits per heavy atom. The Balaban J connectivity index is 1.55. The maximum absolute atomic E-state index is 12.1. The number of rotatable bonds is 5. The molecule has 1 aliphatic heterocycles. The fourth-order valence-corrected chi connectivity index (χ4v) is 3.45. The summed E-state index contributed by atoms with van der Waals surface area (Å²) < 4.78 is 0. The Morgan fingerprint density at radius 2 is 2.00 bits per heavy atom. The molecular formula is C20H19N3OS. The first-order valence-corrected chi connectivity index (χ1v) is 8.94. The standard InChI is InChI=1S/C20H19N3OS/c1-15-7-5-10-17(13-15)14-18-19(24)22-20(25-18)23-21-12-6-11-16-8-3-2-4-9-16/h2-13,18H,14H2,1H3,(H,22,23,24)/b11-6+,21-12+. The molecule has 25 heavy (non-hydrogen) atoms. The lowest BCUT2D eigenvalue weighted by atomic mass is 10.1. The first-order chi connectivity index (χ1) is 12.2. The van der Waals surface area contributed by atoms with Crippen LogP contribution in [0.15, 0.2) is 70.9 Å². The fourth-order valence-electron chi connectivity index (χ4n) is 2.48. The molecule has 1 saturated heterocycles. The van der Waals surface area contributed by atoms with Crippen LogP contribution >= 0.6 is 11.8 Å². The first-order valence-electron chi connectivity index (χ1n) is 8.06.